The Hall–Kier alpha value is -2.30. The number of nitrogens with zero attached hydrogens (tertiary/aromatic N) is 1. The lowest BCUT2D eigenvalue weighted by Gasteiger charge is -2.39. The molecule has 0 saturated carbocycles. The van der Waals surface area contributed by atoms with E-state index in [0.717, 1.165) is 27.6 Å². The van der Waals surface area contributed by atoms with Gasteiger partial charge in [-0.1, -0.05) is 48.0 Å². The molecule has 1 aliphatic rings. The number of hydrogen-bond donors (Lipinski definition) is 2. The number of carbonyl (C=O) groups is 1. The van der Waals surface area contributed by atoms with E-state index in [1.165, 1.54) is 0 Å². The van der Waals surface area contributed by atoms with Gasteiger partial charge >= 0.3 is 0 Å². The van der Waals surface area contributed by atoms with E-state index in [-0.39, 0.29) is 5.91 Å². The summed E-state index contributed by atoms with van der Waals surface area (Å²) in [5, 5.41) is 12.7. The van der Waals surface area contributed by atoms with Crippen molar-refractivity contribution < 1.29 is 9.90 Å². The zero-order chi connectivity index (χ0) is 19.2. The second-order valence-corrected chi connectivity index (χ2v) is 7.83. The number of para-hydroxylation sites is 1. The quantitative estimate of drug-likeness (QED) is 0.682. The van der Waals surface area contributed by atoms with E-state index < -0.39 is 5.60 Å². The number of fused-ring (bicyclic) bond motifs is 1. The third-order valence-electron chi connectivity index (χ3n) is 5.78. The lowest BCUT2D eigenvalue weighted by molar-refractivity contribution is -0.0216. The summed E-state index contributed by atoms with van der Waals surface area (Å²) in [5.41, 5.74) is 3.47. The van der Waals surface area contributed by atoms with Crippen LogP contribution in [0.15, 0.2) is 42.5 Å². The molecule has 1 saturated heterocycles. The number of hydrogen-bond acceptors (Lipinski definition) is 2. The lowest BCUT2D eigenvalue weighted by Crippen LogP contribution is -2.45. The van der Waals surface area contributed by atoms with E-state index in [1.807, 2.05) is 61.2 Å². The number of carbonyl (C=O) groups excluding carboxylic acids is 1. The molecule has 0 unspecified atom stereocenters. The molecule has 0 radical (unpaired) electrons. The van der Waals surface area contributed by atoms with Crippen LogP contribution in [0.25, 0.3) is 10.9 Å². The lowest BCUT2D eigenvalue weighted by atomic mass is 9.82. The van der Waals surface area contributed by atoms with Crippen molar-refractivity contribution in [2.45, 2.75) is 32.3 Å². The fraction of sp³-hybridized carbons (Fsp3) is 0.318. The molecule has 1 aromatic heterocycles. The Morgan fingerprint density at radius 2 is 1.81 bits per heavy atom. The summed E-state index contributed by atoms with van der Waals surface area (Å²) >= 11 is 6.26. The molecule has 1 amide bonds. The Balaban J connectivity index is 1.57. The smallest absolute Gasteiger partial charge is 0.270 e. The normalized spacial score (nSPS) is 16.7. The summed E-state index contributed by atoms with van der Waals surface area (Å²) in [6.45, 7) is 5.00. The highest BCUT2D eigenvalue weighted by Crippen LogP contribution is 2.35. The van der Waals surface area contributed by atoms with Gasteiger partial charge in [-0.15, -0.1) is 0 Å². The third kappa shape index (κ3) is 3.03. The molecular formula is C22H23ClN2O2. The second kappa shape index (κ2) is 6.70. The molecule has 0 spiro atoms. The summed E-state index contributed by atoms with van der Waals surface area (Å²) in [7, 11) is 0. The molecule has 27 heavy (non-hydrogen) atoms. The van der Waals surface area contributed by atoms with E-state index >= 15 is 0 Å². The fourth-order valence-electron chi connectivity index (χ4n) is 4.13. The fourth-order valence-corrected chi connectivity index (χ4v) is 4.35. The summed E-state index contributed by atoms with van der Waals surface area (Å²) in [4.78, 5) is 18.1. The topological polar surface area (TPSA) is 56.3 Å². The molecule has 1 aliphatic heterocycles. The summed E-state index contributed by atoms with van der Waals surface area (Å²) < 4.78 is 0. The zero-order valence-electron chi connectivity index (χ0n) is 15.6. The van der Waals surface area contributed by atoms with Crippen LogP contribution in [-0.2, 0) is 5.60 Å². The number of likely N-dealkylation sites (tertiary alicyclic amines) is 1. The molecule has 2 aromatic carbocycles. The molecule has 4 rings (SSSR count). The molecule has 0 atom stereocenters. The first-order valence-corrected chi connectivity index (χ1v) is 9.63. The summed E-state index contributed by atoms with van der Waals surface area (Å²) in [6, 6.07) is 13.6. The average Bonchev–Trinajstić information content (AvgIpc) is 3.00. The first-order chi connectivity index (χ1) is 12.9. The number of rotatable bonds is 2. The minimum Gasteiger partial charge on any atom is -0.385 e. The molecule has 0 bridgehead atoms. The molecule has 1 fully saturated rings. The number of aryl methyl sites for hydroxylation is 2. The molecule has 2 N–H and O–H groups in total. The van der Waals surface area contributed by atoms with Gasteiger partial charge in [0.25, 0.3) is 5.91 Å². The van der Waals surface area contributed by atoms with Crippen LogP contribution in [-0.4, -0.2) is 34.0 Å². The van der Waals surface area contributed by atoms with Crippen molar-refractivity contribution in [3.05, 3.63) is 69.9 Å². The van der Waals surface area contributed by atoms with Gasteiger partial charge in [0, 0.05) is 18.5 Å². The highest BCUT2D eigenvalue weighted by atomic mass is 35.5. The maximum absolute atomic E-state index is 13.1. The van der Waals surface area contributed by atoms with Crippen molar-refractivity contribution in [2.24, 2.45) is 0 Å². The largest absolute Gasteiger partial charge is 0.385 e. The third-order valence-corrected chi connectivity index (χ3v) is 6.10. The predicted octanol–water partition coefficient (Wildman–Crippen LogP) is 4.56. The van der Waals surface area contributed by atoms with Crippen LogP contribution >= 0.6 is 11.6 Å². The van der Waals surface area contributed by atoms with Crippen LogP contribution in [0.3, 0.4) is 0 Å². The number of benzene rings is 2. The molecule has 2 heterocycles. The molecule has 0 aliphatic carbocycles. The van der Waals surface area contributed by atoms with Crippen LogP contribution in [0.4, 0.5) is 0 Å². The predicted molar refractivity (Wildman–Crippen MR) is 108 cm³/mol. The van der Waals surface area contributed by atoms with Gasteiger partial charge in [-0.05, 0) is 49.4 Å². The van der Waals surface area contributed by atoms with Gasteiger partial charge in [-0.3, -0.25) is 4.79 Å². The number of aliphatic hydroxyl groups is 1. The molecule has 5 heteroatoms. The van der Waals surface area contributed by atoms with E-state index in [0.29, 0.717) is 36.6 Å². The van der Waals surface area contributed by atoms with Crippen molar-refractivity contribution in [2.75, 3.05) is 13.1 Å². The van der Waals surface area contributed by atoms with Gasteiger partial charge < -0.3 is 15.0 Å². The number of aromatic amines is 1. The molecule has 4 nitrogen and oxygen atoms in total. The van der Waals surface area contributed by atoms with Gasteiger partial charge in [0.05, 0.1) is 16.1 Å². The van der Waals surface area contributed by atoms with Crippen LogP contribution in [0.2, 0.25) is 5.02 Å². The van der Waals surface area contributed by atoms with Crippen molar-refractivity contribution in [3.63, 3.8) is 0 Å². The van der Waals surface area contributed by atoms with Crippen molar-refractivity contribution in [1.82, 2.24) is 9.88 Å². The van der Waals surface area contributed by atoms with Gasteiger partial charge in [0.15, 0.2) is 0 Å². The zero-order valence-corrected chi connectivity index (χ0v) is 16.3. The minimum absolute atomic E-state index is 0.0356. The van der Waals surface area contributed by atoms with Gasteiger partial charge in [0.2, 0.25) is 0 Å². The highest BCUT2D eigenvalue weighted by Gasteiger charge is 2.37. The Kier molecular flexibility index (Phi) is 4.49. The number of nitrogens with one attached hydrogen (secondary N) is 1. The first-order valence-electron chi connectivity index (χ1n) is 9.25. The van der Waals surface area contributed by atoms with E-state index in [1.54, 1.807) is 0 Å². The van der Waals surface area contributed by atoms with Gasteiger partial charge in [-0.2, -0.15) is 0 Å². The number of aromatic nitrogens is 1. The monoisotopic (exact) mass is 382 g/mol. The number of halogens is 1. The van der Waals surface area contributed by atoms with E-state index in [9.17, 15) is 9.90 Å². The molecular weight excluding hydrogens is 360 g/mol. The van der Waals surface area contributed by atoms with Crippen LogP contribution < -0.4 is 0 Å². The van der Waals surface area contributed by atoms with E-state index in [4.69, 9.17) is 11.6 Å². The summed E-state index contributed by atoms with van der Waals surface area (Å²) in [6.07, 6.45) is 1.06. The number of H-pyrrole nitrogens is 1. The Morgan fingerprint density at radius 3 is 2.48 bits per heavy atom. The van der Waals surface area contributed by atoms with Crippen LogP contribution in [0.1, 0.15) is 40.0 Å². The van der Waals surface area contributed by atoms with Gasteiger partial charge in [0.1, 0.15) is 5.69 Å². The first kappa shape index (κ1) is 18.1. The second-order valence-electron chi connectivity index (χ2n) is 7.43. The minimum atomic E-state index is -0.874. The van der Waals surface area contributed by atoms with Crippen molar-refractivity contribution >= 4 is 28.4 Å². The number of piperidine rings is 1. The number of amides is 1. The standard InChI is InChI=1S/C22H23ClN2O2/c1-14-6-3-4-8-17(14)22(27)10-12-25(13-11-22)21(26)19-15(2)16-7-5-9-18(23)20(16)24-19/h3-9,24,27H,10-13H2,1-2H3. The van der Waals surface area contributed by atoms with E-state index in [2.05, 4.69) is 4.98 Å². The molecule has 3 aromatic rings. The SMILES string of the molecule is Cc1ccccc1C1(O)CCN(C(=O)c2[nH]c3c(Cl)cccc3c2C)CC1. The maximum Gasteiger partial charge on any atom is 0.270 e. The summed E-state index contributed by atoms with van der Waals surface area (Å²) in [5.74, 6) is -0.0356. The van der Waals surface area contributed by atoms with Crippen molar-refractivity contribution in [1.29, 1.82) is 0 Å². The Bertz CT molecular complexity index is 1020. The average molecular weight is 383 g/mol. The van der Waals surface area contributed by atoms with Gasteiger partial charge in [-0.25, -0.2) is 0 Å². The van der Waals surface area contributed by atoms with Crippen LogP contribution in [0, 0.1) is 13.8 Å². The Morgan fingerprint density at radius 1 is 1.11 bits per heavy atom. The van der Waals surface area contributed by atoms with Crippen LogP contribution in [0.5, 0.6) is 0 Å². The Labute approximate surface area is 163 Å². The molecule has 140 valence electrons. The van der Waals surface area contributed by atoms with Crippen molar-refractivity contribution in [3.8, 4) is 0 Å². The highest BCUT2D eigenvalue weighted by molar-refractivity contribution is 6.35. The maximum atomic E-state index is 13.1.